The number of aromatic hydroxyl groups is 1. The third-order valence-corrected chi connectivity index (χ3v) is 12.0. The summed E-state index contributed by atoms with van der Waals surface area (Å²) in [7, 11) is 4.12. The summed E-state index contributed by atoms with van der Waals surface area (Å²) in [6, 6.07) is 11.9. The predicted molar refractivity (Wildman–Crippen MR) is 193 cm³/mol. The number of nitrogens with zero attached hydrogens (tertiary/aromatic N) is 3. The van der Waals surface area contributed by atoms with Crippen LogP contribution in [0.2, 0.25) is 0 Å². The number of benzene rings is 2. The van der Waals surface area contributed by atoms with Gasteiger partial charge in [-0.1, -0.05) is 65.0 Å². The molecule has 3 saturated carbocycles. The van der Waals surface area contributed by atoms with Crippen LogP contribution in [-0.4, -0.2) is 93.7 Å². The van der Waals surface area contributed by atoms with Crippen LogP contribution >= 0.6 is 0 Å². The Hall–Kier alpha value is -2.60. The number of carbonyl (C=O) groups excluding carboxylic acids is 1. The number of carbonyl (C=O) groups is 1. The number of likely N-dealkylation sites (N-methyl/N-ethyl adjacent to an activating group) is 1. The fourth-order valence-electron chi connectivity index (χ4n) is 9.23. The maximum absolute atomic E-state index is 14.1. The molecule has 278 valence electrons. The normalized spacial score (nSPS) is 29.0. The van der Waals surface area contributed by atoms with Crippen LogP contribution in [0.1, 0.15) is 77.5 Å². The number of nitrogens with one attached hydrogen (secondary N) is 1. The quantitative estimate of drug-likeness (QED) is 0.202. The summed E-state index contributed by atoms with van der Waals surface area (Å²) >= 11 is 0. The Bertz CT molecular complexity index is 1440. The lowest BCUT2D eigenvalue weighted by Gasteiger charge is -2.62. The number of rotatable bonds is 15. The average molecular weight is 697 g/mol. The van der Waals surface area contributed by atoms with Crippen molar-refractivity contribution in [2.75, 3.05) is 27.2 Å². The molecule has 3 aliphatic carbocycles. The summed E-state index contributed by atoms with van der Waals surface area (Å²) < 4.78 is 13.9. The molecule has 9 atom stereocenters. The second kappa shape index (κ2) is 16.0. The van der Waals surface area contributed by atoms with Gasteiger partial charge in [-0.15, -0.1) is 0 Å². The van der Waals surface area contributed by atoms with Gasteiger partial charge in [-0.3, -0.25) is 14.5 Å². The molecule has 6 rings (SSSR count). The Labute approximate surface area is 298 Å². The van der Waals surface area contributed by atoms with Gasteiger partial charge >= 0.3 is 0 Å². The molecular formula is C40H61FN4O5. The van der Waals surface area contributed by atoms with E-state index in [0.29, 0.717) is 54.3 Å². The van der Waals surface area contributed by atoms with E-state index in [-0.39, 0.29) is 30.3 Å². The first-order chi connectivity index (χ1) is 23.6. The van der Waals surface area contributed by atoms with Gasteiger partial charge in [0.25, 0.3) is 0 Å². The summed E-state index contributed by atoms with van der Waals surface area (Å²) in [5, 5.41) is 36.8. The minimum atomic E-state index is -0.860. The van der Waals surface area contributed by atoms with Crippen molar-refractivity contribution in [1.82, 2.24) is 20.2 Å². The van der Waals surface area contributed by atoms with Crippen molar-refractivity contribution >= 4 is 5.91 Å². The molecule has 0 aromatic heterocycles. The molecule has 4 fully saturated rings. The number of hydroxylamine groups is 2. The zero-order valence-electron chi connectivity index (χ0n) is 31.3. The van der Waals surface area contributed by atoms with E-state index >= 15 is 0 Å². The largest absolute Gasteiger partial charge is 0.508 e. The Morgan fingerprint density at radius 1 is 1.10 bits per heavy atom. The number of phenolic OH excluding ortho intramolecular Hbond substituents is 1. The van der Waals surface area contributed by atoms with Crippen molar-refractivity contribution in [2.24, 2.45) is 35.0 Å². The molecule has 1 heterocycles. The van der Waals surface area contributed by atoms with Crippen molar-refractivity contribution in [1.29, 1.82) is 0 Å². The third kappa shape index (κ3) is 8.54. The summed E-state index contributed by atoms with van der Waals surface area (Å²) in [4.78, 5) is 24.9. The lowest BCUT2D eigenvalue weighted by Crippen LogP contribution is -2.62. The number of hydrogen-bond acceptors (Lipinski definition) is 8. The zero-order chi connectivity index (χ0) is 36.5. The Balaban J connectivity index is 1.37. The highest BCUT2D eigenvalue weighted by molar-refractivity contribution is 5.82. The fraction of sp³-hybridized carbons (Fsp3) is 0.675. The summed E-state index contributed by atoms with van der Waals surface area (Å²) in [5.41, 5.74) is 2.96. The molecule has 1 amide bonds. The van der Waals surface area contributed by atoms with Gasteiger partial charge in [0.2, 0.25) is 5.91 Å². The number of aliphatic hydroxyl groups excluding tert-OH is 2. The van der Waals surface area contributed by atoms with Crippen LogP contribution in [0, 0.1) is 40.8 Å². The highest BCUT2D eigenvalue weighted by atomic mass is 19.1. The molecule has 1 saturated heterocycles. The number of amides is 1. The average Bonchev–Trinajstić information content (AvgIpc) is 3.40. The van der Waals surface area contributed by atoms with E-state index in [1.807, 2.05) is 12.1 Å². The zero-order valence-corrected chi connectivity index (χ0v) is 31.3. The van der Waals surface area contributed by atoms with Crippen LogP contribution in [0.5, 0.6) is 5.75 Å². The van der Waals surface area contributed by atoms with Gasteiger partial charge in [0, 0.05) is 49.3 Å². The van der Waals surface area contributed by atoms with Crippen molar-refractivity contribution < 1.29 is 29.3 Å². The Morgan fingerprint density at radius 3 is 2.42 bits per heavy atom. The van der Waals surface area contributed by atoms with E-state index < -0.39 is 30.0 Å². The Morgan fingerprint density at radius 2 is 1.82 bits per heavy atom. The maximum atomic E-state index is 14.1. The van der Waals surface area contributed by atoms with Gasteiger partial charge in [-0.25, -0.2) is 4.39 Å². The lowest BCUT2D eigenvalue weighted by atomic mass is 9.45. The molecule has 2 aromatic rings. The van der Waals surface area contributed by atoms with Gasteiger partial charge < -0.3 is 25.5 Å². The van der Waals surface area contributed by atoms with Gasteiger partial charge in [0.05, 0.1) is 19.3 Å². The highest BCUT2D eigenvalue weighted by Gasteiger charge is 2.57. The predicted octanol–water partition coefficient (Wildman–Crippen LogP) is 5.17. The SMILES string of the molecule is CC(C)C[C@@H](CN(C)C)N(Cc1cccc(CN2O[C@@H](CO)[C@@H]([C@H](C)O)[C@H]2C(=O)N[C@H]2C[C@H]3C[C@H]([C@H]2C)C3(C)C)c1)Cc1ccc(F)cc1O. The van der Waals surface area contributed by atoms with Crippen molar-refractivity contribution in [2.45, 2.75) is 111 Å². The molecule has 4 aliphatic rings. The molecular weight excluding hydrogens is 635 g/mol. The summed E-state index contributed by atoms with van der Waals surface area (Å²) in [6.45, 7) is 14.9. The molecule has 0 spiro atoms. The first-order valence-corrected chi connectivity index (χ1v) is 18.6. The van der Waals surface area contributed by atoms with Crippen molar-refractivity contribution in [3.8, 4) is 5.75 Å². The fourth-order valence-corrected chi connectivity index (χ4v) is 9.23. The van der Waals surface area contributed by atoms with Crippen LogP contribution in [0.4, 0.5) is 4.39 Å². The minimum Gasteiger partial charge on any atom is -0.508 e. The number of aliphatic hydroxyl groups is 2. The topological polar surface area (TPSA) is 109 Å². The molecule has 50 heavy (non-hydrogen) atoms. The molecule has 9 nitrogen and oxygen atoms in total. The number of hydrogen-bond donors (Lipinski definition) is 4. The van der Waals surface area contributed by atoms with Crippen molar-refractivity contribution in [3.05, 3.63) is 65.0 Å². The third-order valence-electron chi connectivity index (χ3n) is 12.0. The maximum Gasteiger partial charge on any atom is 0.240 e. The van der Waals surface area contributed by atoms with E-state index in [9.17, 15) is 24.5 Å². The van der Waals surface area contributed by atoms with E-state index in [4.69, 9.17) is 4.84 Å². The second-order valence-corrected chi connectivity index (χ2v) is 16.8. The standard InChI is InChI=1S/C40H61FN4O5/c1-24(2)14-32(22-43(7)8)44(21-29-12-13-31(41)18-35(29)48)19-27-10-9-11-28(15-27)20-45-38(37(26(4)47)36(23-46)50-45)39(49)42-34-17-30-16-33(25(34)3)40(30,5)6/h9-13,15,18,24-26,30,32-34,36-38,46-48H,14,16-17,19-23H2,1-8H3,(H,42,49)/t25-,26+,30-,32+,33-,34+,36+,37-,38+/m1/s1. The van der Waals surface area contributed by atoms with E-state index in [1.54, 1.807) is 18.1 Å². The van der Waals surface area contributed by atoms with Crippen LogP contribution < -0.4 is 5.32 Å². The Kier molecular flexibility index (Phi) is 12.3. The number of phenols is 1. The van der Waals surface area contributed by atoms with Crippen LogP contribution in [0.25, 0.3) is 0 Å². The summed E-state index contributed by atoms with van der Waals surface area (Å²) in [6.07, 6.45) is 1.55. The highest BCUT2D eigenvalue weighted by Crippen LogP contribution is 2.61. The molecule has 2 aromatic carbocycles. The molecule has 2 bridgehead atoms. The molecule has 10 heteroatoms. The van der Waals surface area contributed by atoms with Gasteiger partial charge in [-0.05, 0) is 86.6 Å². The number of halogens is 1. The molecule has 0 radical (unpaired) electrons. The van der Waals surface area contributed by atoms with Crippen LogP contribution in [0.15, 0.2) is 42.5 Å². The summed E-state index contributed by atoms with van der Waals surface area (Å²) in [5.74, 6) is 0.699. The molecule has 4 N–H and O–H groups in total. The van der Waals surface area contributed by atoms with Crippen molar-refractivity contribution in [3.63, 3.8) is 0 Å². The van der Waals surface area contributed by atoms with Crippen LogP contribution in [-0.2, 0) is 29.3 Å². The lowest BCUT2D eigenvalue weighted by molar-refractivity contribution is -0.183. The van der Waals surface area contributed by atoms with E-state index in [0.717, 1.165) is 30.5 Å². The first-order valence-electron chi connectivity index (χ1n) is 18.6. The monoisotopic (exact) mass is 696 g/mol. The minimum absolute atomic E-state index is 0.0538. The molecule has 1 aliphatic heterocycles. The number of fused-ring (bicyclic) bond motifs is 2. The van der Waals surface area contributed by atoms with Gasteiger partial charge in [-0.2, -0.15) is 5.06 Å². The van der Waals surface area contributed by atoms with Gasteiger partial charge in [0.1, 0.15) is 23.7 Å². The molecule has 0 unspecified atom stereocenters. The van der Waals surface area contributed by atoms with E-state index in [2.05, 4.69) is 76.0 Å². The first kappa shape index (κ1) is 38.6. The van der Waals surface area contributed by atoms with Gasteiger partial charge in [0.15, 0.2) is 0 Å². The van der Waals surface area contributed by atoms with Crippen LogP contribution in [0.3, 0.4) is 0 Å². The second-order valence-electron chi connectivity index (χ2n) is 16.8. The van der Waals surface area contributed by atoms with E-state index in [1.165, 1.54) is 18.6 Å². The smallest absolute Gasteiger partial charge is 0.240 e.